The maximum Gasteiger partial charge on any atom is 0.326 e. The van der Waals surface area contributed by atoms with E-state index in [0.717, 1.165) is 0 Å². The molecule has 0 amide bonds. The standard InChI is InChI=1S/C13H11Cl2NO3/c1-2-11(13(18)19)16-4-3-7-5-9(14)10(15)6-8(7)12(16)17/h3-6,11H,2H2,1H3,(H,18,19). The van der Waals surface area contributed by atoms with Crippen LogP contribution in [0.1, 0.15) is 19.4 Å². The maximum atomic E-state index is 12.3. The van der Waals surface area contributed by atoms with Gasteiger partial charge in [0.25, 0.3) is 5.56 Å². The van der Waals surface area contributed by atoms with Gasteiger partial charge in [0.1, 0.15) is 6.04 Å². The minimum atomic E-state index is -1.04. The Morgan fingerprint density at radius 2 is 2.00 bits per heavy atom. The topological polar surface area (TPSA) is 59.3 Å². The molecule has 1 aromatic heterocycles. The van der Waals surface area contributed by atoms with Crippen molar-refractivity contribution in [3.05, 3.63) is 44.8 Å². The van der Waals surface area contributed by atoms with Crippen molar-refractivity contribution in [2.45, 2.75) is 19.4 Å². The molecule has 1 atom stereocenters. The van der Waals surface area contributed by atoms with E-state index >= 15 is 0 Å². The van der Waals surface area contributed by atoms with Crippen molar-refractivity contribution >= 4 is 39.9 Å². The van der Waals surface area contributed by atoms with Crippen LogP contribution in [0.2, 0.25) is 10.0 Å². The van der Waals surface area contributed by atoms with Gasteiger partial charge in [-0.25, -0.2) is 4.79 Å². The summed E-state index contributed by atoms with van der Waals surface area (Å²) in [6.07, 6.45) is 1.79. The predicted molar refractivity (Wildman–Crippen MR) is 75.2 cm³/mol. The van der Waals surface area contributed by atoms with Crippen LogP contribution in [0.25, 0.3) is 10.8 Å². The summed E-state index contributed by atoms with van der Waals surface area (Å²) in [5.74, 6) is -1.04. The van der Waals surface area contributed by atoms with E-state index < -0.39 is 12.0 Å². The number of pyridine rings is 1. The Hall–Kier alpha value is -1.52. The first-order valence-corrected chi connectivity index (χ1v) is 6.44. The summed E-state index contributed by atoms with van der Waals surface area (Å²) in [5, 5.41) is 10.7. The van der Waals surface area contributed by atoms with Gasteiger partial charge in [-0.05, 0) is 30.0 Å². The minimum absolute atomic E-state index is 0.271. The van der Waals surface area contributed by atoms with E-state index in [0.29, 0.717) is 22.2 Å². The van der Waals surface area contributed by atoms with Gasteiger partial charge in [0.05, 0.1) is 10.0 Å². The second-order valence-electron chi connectivity index (χ2n) is 4.14. The van der Waals surface area contributed by atoms with Crippen LogP contribution >= 0.6 is 23.2 Å². The van der Waals surface area contributed by atoms with Crippen molar-refractivity contribution < 1.29 is 9.90 Å². The summed E-state index contributed by atoms with van der Waals surface area (Å²) in [4.78, 5) is 23.4. The molecule has 2 rings (SSSR count). The molecule has 6 heteroatoms. The van der Waals surface area contributed by atoms with Crippen LogP contribution in [-0.2, 0) is 4.79 Å². The smallest absolute Gasteiger partial charge is 0.326 e. The van der Waals surface area contributed by atoms with Crippen molar-refractivity contribution in [3.8, 4) is 0 Å². The Labute approximate surface area is 119 Å². The zero-order chi connectivity index (χ0) is 14.2. The normalized spacial score (nSPS) is 12.6. The highest BCUT2D eigenvalue weighted by Gasteiger charge is 2.19. The van der Waals surface area contributed by atoms with Gasteiger partial charge in [-0.1, -0.05) is 30.1 Å². The third-order valence-corrected chi connectivity index (χ3v) is 3.70. The molecule has 19 heavy (non-hydrogen) atoms. The zero-order valence-electron chi connectivity index (χ0n) is 10.1. The van der Waals surface area contributed by atoms with Crippen molar-refractivity contribution in [3.63, 3.8) is 0 Å². The van der Waals surface area contributed by atoms with Gasteiger partial charge in [0.15, 0.2) is 0 Å². The molecule has 1 heterocycles. The second-order valence-corrected chi connectivity index (χ2v) is 4.96. The van der Waals surface area contributed by atoms with Crippen molar-refractivity contribution in [1.29, 1.82) is 0 Å². The third-order valence-electron chi connectivity index (χ3n) is 2.98. The van der Waals surface area contributed by atoms with Gasteiger partial charge in [-0.3, -0.25) is 4.79 Å². The fraction of sp³-hybridized carbons (Fsp3) is 0.231. The number of halogens is 2. The number of hydrogen-bond donors (Lipinski definition) is 1. The Bertz CT molecular complexity index is 709. The molecular weight excluding hydrogens is 289 g/mol. The molecule has 1 aromatic carbocycles. The summed E-state index contributed by atoms with van der Waals surface area (Å²) < 4.78 is 1.20. The van der Waals surface area contributed by atoms with Gasteiger partial charge >= 0.3 is 5.97 Å². The molecule has 0 aliphatic heterocycles. The van der Waals surface area contributed by atoms with E-state index in [-0.39, 0.29) is 10.6 Å². The lowest BCUT2D eigenvalue weighted by Crippen LogP contribution is -2.29. The highest BCUT2D eigenvalue weighted by atomic mass is 35.5. The molecule has 0 aliphatic carbocycles. The number of aliphatic carboxylic acids is 1. The Balaban J connectivity index is 2.73. The summed E-state index contributed by atoms with van der Waals surface area (Å²) >= 11 is 11.8. The van der Waals surface area contributed by atoms with Gasteiger partial charge in [0, 0.05) is 11.6 Å². The Morgan fingerprint density at radius 3 is 2.58 bits per heavy atom. The number of rotatable bonds is 3. The first kappa shape index (κ1) is 13.9. The molecule has 0 spiro atoms. The van der Waals surface area contributed by atoms with Crippen LogP contribution in [0, 0.1) is 0 Å². The number of carboxylic acids is 1. The van der Waals surface area contributed by atoms with Crippen molar-refractivity contribution in [1.82, 2.24) is 4.57 Å². The SMILES string of the molecule is CCC(C(=O)O)n1ccc2cc(Cl)c(Cl)cc2c1=O. The number of aromatic nitrogens is 1. The summed E-state index contributed by atoms with van der Waals surface area (Å²) in [6.45, 7) is 1.71. The highest BCUT2D eigenvalue weighted by Crippen LogP contribution is 2.26. The lowest BCUT2D eigenvalue weighted by atomic mass is 10.1. The number of benzene rings is 1. The summed E-state index contributed by atoms with van der Waals surface area (Å²) in [6, 6.07) is 3.83. The van der Waals surface area contributed by atoms with Crippen LogP contribution in [0.4, 0.5) is 0 Å². The molecular formula is C13H11Cl2NO3. The summed E-state index contributed by atoms with van der Waals surface area (Å²) in [7, 11) is 0. The molecule has 0 bridgehead atoms. The van der Waals surface area contributed by atoms with E-state index in [2.05, 4.69) is 0 Å². The molecule has 1 unspecified atom stereocenters. The fourth-order valence-electron chi connectivity index (χ4n) is 1.99. The van der Waals surface area contributed by atoms with Gasteiger partial charge < -0.3 is 9.67 Å². The largest absolute Gasteiger partial charge is 0.480 e. The van der Waals surface area contributed by atoms with Crippen LogP contribution in [0.15, 0.2) is 29.2 Å². The monoisotopic (exact) mass is 299 g/mol. The first-order chi connectivity index (χ1) is 8.95. The number of hydrogen-bond acceptors (Lipinski definition) is 2. The number of carboxylic acid groups (broad SMARTS) is 1. The molecule has 4 nitrogen and oxygen atoms in total. The number of fused-ring (bicyclic) bond motifs is 1. The first-order valence-electron chi connectivity index (χ1n) is 5.68. The lowest BCUT2D eigenvalue weighted by Gasteiger charge is -2.14. The van der Waals surface area contributed by atoms with E-state index in [1.807, 2.05) is 0 Å². The van der Waals surface area contributed by atoms with Crippen LogP contribution in [-0.4, -0.2) is 15.6 Å². The van der Waals surface area contributed by atoms with E-state index in [1.165, 1.54) is 16.8 Å². The minimum Gasteiger partial charge on any atom is -0.480 e. The average Bonchev–Trinajstić information content (AvgIpc) is 2.35. The lowest BCUT2D eigenvalue weighted by molar-refractivity contribution is -0.141. The zero-order valence-corrected chi connectivity index (χ0v) is 11.6. The van der Waals surface area contributed by atoms with Crippen molar-refractivity contribution in [2.24, 2.45) is 0 Å². The molecule has 0 radical (unpaired) electrons. The number of nitrogens with zero attached hydrogens (tertiary/aromatic N) is 1. The average molecular weight is 300 g/mol. The van der Waals surface area contributed by atoms with Crippen LogP contribution in [0.3, 0.4) is 0 Å². The van der Waals surface area contributed by atoms with Gasteiger partial charge in [-0.2, -0.15) is 0 Å². The molecule has 1 N–H and O–H groups in total. The fourth-order valence-corrected chi connectivity index (χ4v) is 2.32. The van der Waals surface area contributed by atoms with Gasteiger partial charge in [0.2, 0.25) is 0 Å². The molecule has 100 valence electrons. The van der Waals surface area contributed by atoms with Crippen LogP contribution in [0.5, 0.6) is 0 Å². The van der Waals surface area contributed by atoms with Gasteiger partial charge in [-0.15, -0.1) is 0 Å². The quantitative estimate of drug-likeness (QED) is 0.945. The molecule has 2 aromatic rings. The van der Waals surface area contributed by atoms with Crippen molar-refractivity contribution in [2.75, 3.05) is 0 Å². The Kier molecular flexibility index (Phi) is 3.83. The number of carbonyl (C=O) groups is 1. The third kappa shape index (κ3) is 2.46. The highest BCUT2D eigenvalue weighted by molar-refractivity contribution is 6.42. The van der Waals surface area contributed by atoms with Crippen LogP contribution < -0.4 is 5.56 Å². The Morgan fingerprint density at radius 1 is 1.37 bits per heavy atom. The molecule has 0 aliphatic rings. The molecule has 0 saturated carbocycles. The van der Waals surface area contributed by atoms with E-state index in [1.54, 1.807) is 19.1 Å². The maximum absolute atomic E-state index is 12.3. The predicted octanol–water partition coefficient (Wildman–Crippen LogP) is 3.34. The molecule has 0 saturated heterocycles. The molecule has 0 fully saturated rings. The van der Waals surface area contributed by atoms with E-state index in [4.69, 9.17) is 28.3 Å². The van der Waals surface area contributed by atoms with E-state index in [9.17, 15) is 9.59 Å². The summed E-state index contributed by atoms with van der Waals surface area (Å²) in [5.41, 5.74) is -0.384. The second kappa shape index (κ2) is 5.23.